The molecule has 2 saturated heterocycles. The summed E-state index contributed by atoms with van der Waals surface area (Å²) in [6.07, 6.45) is 7.23. The molecule has 0 aromatic heterocycles. The summed E-state index contributed by atoms with van der Waals surface area (Å²) in [5.41, 5.74) is 0.550. The van der Waals surface area contributed by atoms with Crippen LogP contribution < -0.4 is 5.32 Å². The summed E-state index contributed by atoms with van der Waals surface area (Å²) in [4.78, 5) is 19.0. The fraction of sp³-hybridized carbons (Fsp3) is 0.696. The third-order valence-corrected chi connectivity index (χ3v) is 8.06. The van der Waals surface area contributed by atoms with Crippen LogP contribution in [0.3, 0.4) is 0 Å². The van der Waals surface area contributed by atoms with Gasteiger partial charge in [0.25, 0.3) is 0 Å². The zero-order valence-corrected chi connectivity index (χ0v) is 17.9. The summed E-state index contributed by atoms with van der Waals surface area (Å²) in [5, 5.41) is 3.41. The van der Waals surface area contributed by atoms with E-state index in [1.165, 1.54) is 56.0 Å². The number of carbonyl (C=O) groups excluding carboxylic acids is 1. The molecule has 0 unspecified atom stereocenters. The third kappa shape index (κ3) is 5.11. The standard InChI is InChI=1S/C23H35N3OS/c27-22(20-8-10-23(11-9-20)18-24-19-23)26-15-13-25(14-16-26)12-4-5-17-28-21-6-2-1-3-7-21/h1-3,6-7,20,24H,4-5,8-19H2. The highest BCUT2D eigenvalue weighted by Gasteiger charge is 2.42. The molecule has 154 valence electrons. The van der Waals surface area contributed by atoms with Gasteiger partial charge in [-0.3, -0.25) is 9.69 Å². The first-order valence-electron chi connectivity index (χ1n) is 11.1. The lowest BCUT2D eigenvalue weighted by Crippen LogP contribution is -2.56. The van der Waals surface area contributed by atoms with Crippen LogP contribution in [-0.4, -0.2) is 67.3 Å². The Kier molecular flexibility index (Phi) is 6.97. The van der Waals surface area contributed by atoms with E-state index in [0.717, 1.165) is 39.0 Å². The minimum atomic E-state index is 0.299. The number of thioether (sulfide) groups is 1. The summed E-state index contributed by atoms with van der Waals surface area (Å²) in [7, 11) is 0. The Labute approximate surface area is 174 Å². The van der Waals surface area contributed by atoms with Gasteiger partial charge in [0.05, 0.1) is 0 Å². The van der Waals surface area contributed by atoms with E-state index in [4.69, 9.17) is 0 Å². The van der Waals surface area contributed by atoms with Crippen molar-refractivity contribution in [3.05, 3.63) is 30.3 Å². The fourth-order valence-corrected chi connectivity index (χ4v) is 5.84. The Morgan fingerprint density at radius 2 is 1.75 bits per heavy atom. The van der Waals surface area contributed by atoms with Crippen LogP contribution in [0.25, 0.3) is 0 Å². The number of benzene rings is 1. The number of piperazine rings is 1. The molecule has 1 saturated carbocycles. The molecule has 2 aliphatic heterocycles. The van der Waals surface area contributed by atoms with E-state index in [2.05, 4.69) is 45.4 Å². The molecule has 1 amide bonds. The van der Waals surface area contributed by atoms with Gasteiger partial charge in [0, 0.05) is 50.1 Å². The molecule has 28 heavy (non-hydrogen) atoms. The number of unbranched alkanes of at least 4 members (excludes halogenated alkanes) is 1. The Bertz CT molecular complexity index is 616. The lowest BCUT2D eigenvalue weighted by atomic mass is 9.66. The first-order valence-corrected chi connectivity index (χ1v) is 12.1. The average Bonchev–Trinajstić information content (AvgIpc) is 2.73. The molecule has 0 radical (unpaired) electrons. The topological polar surface area (TPSA) is 35.6 Å². The second-order valence-corrected chi connectivity index (χ2v) is 10.1. The quantitative estimate of drug-likeness (QED) is 0.560. The average molecular weight is 402 g/mol. The van der Waals surface area contributed by atoms with Crippen LogP contribution in [0.2, 0.25) is 0 Å². The largest absolute Gasteiger partial charge is 0.340 e. The molecule has 3 aliphatic rings. The van der Waals surface area contributed by atoms with E-state index < -0.39 is 0 Å². The SMILES string of the molecule is O=C(C1CCC2(CC1)CNC2)N1CCN(CCCCSc2ccccc2)CC1. The van der Waals surface area contributed by atoms with Gasteiger partial charge in [-0.1, -0.05) is 18.2 Å². The Morgan fingerprint density at radius 1 is 1.04 bits per heavy atom. The van der Waals surface area contributed by atoms with E-state index in [1.54, 1.807) is 0 Å². The van der Waals surface area contributed by atoms with Gasteiger partial charge in [0.1, 0.15) is 0 Å². The smallest absolute Gasteiger partial charge is 0.225 e. The molecule has 1 spiro atoms. The van der Waals surface area contributed by atoms with Crippen molar-refractivity contribution in [1.29, 1.82) is 0 Å². The van der Waals surface area contributed by atoms with Crippen molar-refractivity contribution >= 4 is 17.7 Å². The van der Waals surface area contributed by atoms with Crippen molar-refractivity contribution in [2.24, 2.45) is 11.3 Å². The van der Waals surface area contributed by atoms with Crippen LogP contribution in [0.1, 0.15) is 38.5 Å². The second kappa shape index (κ2) is 9.64. The van der Waals surface area contributed by atoms with Crippen LogP contribution in [0.15, 0.2) is 35.2 Å². The molecule has 3 fully saturated rings. The molecule has 1 aliphatic carbocycles. The number of hydrogen-bond donors (Lipinski definition) is 1. The molecule has 4 rings (SSSR count). The second-order valence-electron chi connectivity index (χ2n) is 8.91. The molecular formula is C23H35N3OS. The molecule has 5 heteroatoms. The summed E-state index contributed by atoms with van der Waals surface area (Å²) < 4.78 is 0. The monoisotopic (exact) mass is 401 g/mol. The van der Waals surface area contributed by atoms with E-state index in [0.29, 0.717) is 17.2 Å². The van der Waals surface area contributed by atoms with Gasteiger partial charge in [0.15, 0.2) is 0 Å². The van der Waals surface area contributed by atoms with Crippen LogP contribution in [0, 0.1) is 11.3 Å². The number of rotatable bonds is 7. The molecule has 0 bridgehead atoms. The van der Waals surface area contributed by atoms with Gasteiger partial charge >= 0.3 is 0 Å². The minimum Gasteiger partial charge on any atom is -0.340 e. The predicted octanol–water partition coefficient (Wildman–Crippen LogP) is 3.48. The van der Waals surface area contributed by atoms with Crippen molar-refractivity contribution < 1.29 is 4.79 Å². The van der Waals surface area contributed by atoms with E-state index in [-0.39, 0.29) is 0 Å². The first-order chi connectivity index (χ1) is 13.7. The summed E-state index contributed by atoms with van der Waals surface area (Å²) in [6.45, 7) is 7.50. The Hall–Kier alpha value is -1.04. The highest BCUT2D eigenvalue weighted by Crippen LogP contribution is 2.42. The van der Waals surface area contributed by atoms with E-state index >= 15 is 0 Å². The predicted molar refractivity (Wildman–Crippen MR) is 117 cm³/mol. The third-order valence-electron chi connectivity index (χ3n) is 6.96. The van der Waals surface area contributed by atoms with Gasteiger partial charge in [0.2, 0.25) is 5.91 Å². The molecule has 1 aromatic rings. The van der Waals surface area contributed by atoms with Crippen molar-refractivity contribution in [1.82, 2.24) is 15.1 Å². The van der Waals surface area contributed by atoms with Gasteiger partial charge in [-0.2, -0.15) is 0 Å². The van der Waals surface area contributed by atoms with Crippen LogP contribution in [0.5, 0.6) is 0 Å². The molecule has 4 nitrogen and oxygen atoms in total. The van der Waals surface area contributed by atoms with Crippen LogP contribution in [0.4, 0.5) is 0 Å². The number of nitrogens with one attached hydrogen (secondary N) is 1. The molecule has 0 atom stereocenters. The van der Waals surface area contributed by atoms with Gasteiger partial charge in [-0.05, 0) is 68.4 Å². The number of hydrogen-bond acceptors (Lipinski definition) is 4. The molecule has 1 N–H and O–H groups in total. The maximum Gasteiger partial charge on any atom is 0.225 e. The summed E-state index contributed by atoms with van der Waals surface area (Å²) >= 11 is 1.96. The Balaban J connectivity index is 1.09. The van der Waals surface area contributed by atoms with Crippen LogP contribution >= 0.6 is 11.8 Å². The minimum absolute atomic E-state index is 0.299. The van der Waals surface area contributed by atoms with Crippen molar-refractivity contribution in [3.8, 4) is 0 Å². The maximum absolute atomic E-state index is 12.9. The maximum atomic E-state index is 12.9. The summed E-state index contributed by atoms with van der Waals surface area (Å²) in [5.74, 6) is 1.94. The lowest BCUT2D eigenvalue weighted by Gasteiger charge is -2.48. The molecular weight excluding hydrogens is 366 g/mol. The number of carbonyl (C=O) groups is 1. The van der Waals surface area contributed by atoms with Gasteiger partial charge < -0.3 is 10.2 Å². The van der Waals surface area contributed by atoms with Crippen LogP contribution in [-0.2, 0) is 4.79 Å². The first kappa shape index (κ1) is 20.2. The highest BCUT2D eigenvalue weighted by molar-refractivity contribution is 7.99. The number of nitrogens with zero attached hydrogens (tertiary/aromatic N) is 2. The summed E-state index contributed by atoms with van der Waals surface area (Å²) in [6, 6.07) is 10.7. The molecule has 1 aromatic carbocycles. The lowest BCUT2D eigenvalue weighted by molar-refractivity contribution is -0.139. The van der Waals surface area contributed by atoms with Crippen molar-refractivity contribution in [2.75, 3.05) is 51.6 Å². The van der Waals surface area contributed by atoms with E-state index in [1.807, 2.05) is 11.8 Å². The normalized spacial score (nSPS) is 22.9. The molecule has 2 heterocycles. The van der Waals surface area contributed by atoms with Crippen molar-refractivity contribution in [3.63, 3.8) is 0 Å². The van der Waals surface area contributed by atoms with E-state index in [9.17, 15) is 4.79 Å². The fourth-order valence-electron chi connectivity index (χ4n) is 4.90. The highest BCUT2D eigenvalue weighted by atomic mass is 32.2. The van der Waals surface area contributed by atoms with Crippen molar-refractivity contribution in [2.45, 2.75) is 43.4 Å². The van der Waals surface area contributed by atoms with Gasteiger partial charge in [-0.25, -0.2) is 0 Å². The zero-order valence-electron chi connectivity index (χ0n) is 17.1. The Morgan fingerprint density at radius 3 is 2.39 bits per heavy atom. The number of amides is 1. The zero-order chi connectivity index (χ0) is 19.2. The van der Waals surface area contributed by atoms with Gasteiger partial charge in [-0.15, -0.1) is 11.8 Å².